The number of hydrogen-bond acceptors (Lipinski definition) is 7. The van der Waals surface area contributed by atoms with E-state index in [9.17, 15) is 13.2 Å². The highest BCUT2D eigenvalue weighted by molar-refractivity contribution is 7.89. The fourth-order valence-corrected chi connectivity index (χ4v) is 4.27. The molecule has 3 N–H and O–H groups in total. The summed E-state index contributed by atoms with van der Waals surface area (Å²) >= 11 is 5.86. The minimum absolute atomic E-state index is 0.0307. The largest absolute Gasteiger partial charge is 0.493 e. The first-order chi connectivity index (χ1) is 13.3. The Hall–Kier alpha value is -2.69. The van der Waals surface area contributed by atoms with Crippen molar-refractivity contribution in [3.63, 3.8) is 0 Å². The molecule has 0 saturated heterocycles. The molecule has 0 fully saturated rings. The quantitative estimate of drug-likeness (QED) is 0.668. The Morgan fingerprint density at radius 1 is 1.07 bits per heavy atom. The Morgan fingerprint density at radius 2 is 1.71 bits per heavy atom. The smallest absolute Gasteiger partial charge is 0.262 e. The normalized spacial score (nSPS) is 17.1. The summed E-state index contributed by atoms with van der Waals surface area (Å²) in [5, 5.41) is 5.72. The van der Waals surface area contributed by atoms with Gasteiger partial charge < -0.3 is 24.8 Å². The molecule has 1 unspecified atom stereocenters. The maximum absolute atomic E-state index is 12.6. The van der Waals surface area contributed by atoms with Crippen LogP contribution in [-0.4, -0.2) is 41.8 Å². The first kappa shape index (κ1) is 20.1. The van der Waals surface area contributed by atoms with Crippen molar-refractivity contribution in [2.75, 3.05) is 32.0 Å². The second-order valence-corrected chi connectivity index (χ2v) is 7.86. The van der Waals surface area contributed by atoms with Gasteiger partial charge in [0.05, 0.1) is 27.0 Å². The number of anilines is 2. The van der Waals surface area contributed by atoms with Crippen molar-refractivity contribution in [3.8, 4) is 17.2 Å². The second kappa shape index (κ2) is 7.74. The van der Waals surface area contributed by atoms with Gasteiger partial charge in [-0.1, -0.05) is 11.6 Å². The van der Waals surface area contributed by atoms with Crippen LogP contribution in [0.25, 0.3) is 0 Å². The molecule has 9 nitrogen and oxygen atoms in total. The molecule has 0 aromatic heterocycles. The zero-order valence-electron chi connectivity index (χ0n) is 15.2. The molecule has 2 aromatic carbocycles. The van der Waals surface area contributed by atoms with E-state index in [-0.39, 0.29) is 15.6 Å². The Balaban J connectivity index is 1.87. The summed E-state index contributed by atoms with van der Waals surface area (Å²) in [6, 6.07) is 7.40. The van der Waals surface area contributed by atoms with Gasteiger partial charge in [-0.05, 0) is 18.2 Å². The number of ether oxygens (including phenoxy) is 3. The topological polar surface area (TPSA) is 115 Å². The zero-order valence-corrected chi connectivity index (χ0v) is 16.8. The lowest BCUT2D eigenvalue weighted by molar-refractivity contribution is -0.117. The predicted molar refractivity (Wildman–Crippen MR) is 104 cm³/mol. The van der Waals surface area contributed by atoms with E-state index in [1.54, 1.807) is 0 Å². The van der Waals surface area contributed by atoms with Gasteiger partial charge in [0.25, 0.3) is 5.91 Å². The molecule has 2 aromatic rings. The average molecular weight is 428 g/mol. The Bertz CT molecular complexity index is 1000. The zero-order chi connectivity index (χ0) is 20.5. The van der Waals surface area contributed by atoms with Crippen molar-refractivity contribution in [3.05, 3.63) is 35.4 Å². The monoisotopic (exact) mass is 427 g/mol. The highest BCUT2D eigenvalue weighted by Gasteiger charge is 2.33. The van der Waals surface area contributed by atoms with Gasteiger partial charge in [-0.15, -0.1) is 0 Å². The van der Waals surface area contributed by atoms with Gasteiger partial charge in [-0.2, -0.15) is 4.72 Å². The van der Waals surface area contributed by atoms with E-state index < -0.39 is 22.1 Å². The number of methoxy groups -OCH3 is 3. The van der Waals surface area contributed by atoms with Gasteiger partial charge in [0.15, 0.2) is 17.7 Å². The van der Waals surface area contributed by atoms with Crippen molar-refractivity contribution in [2.45, 2.75) is 11.1 Å². The van der Waals surface area contributed by atoms with E-state index in [1.165, 1.54) is 51.7 Å². The standard InChI is InChI=1S/C17H18ClN3O6S/c1-25-12-7-10(8-13(26-2)15(12)27-3)19-17(22)16-20-11-5-4-9(18)6-14(11)28(23,24)21-16/h4-8,16,20-21H,1-3H3,(H,19,22). The number of amides is 1. The molecular formula is C17H18ClN3O6S. The molecule has 0 aliphatic carbocycles. The lowest BCUT2D eigenvalue weighted by atomic mass is 10.2. The molecule has 3 rings (SSSR count). The van der Waals surface area contributed by atoms with Gasteiger partial charge in [0, 0.05) is 22.8 Å². The number of hydrogen-bond donors (Lipinski definition) is 3. The fraction of sp³-hybridized carbons (Fsp3) is 0.235. The maximum Gasteiger partial charge on any atom is 0.262 e. The van der Waals surface area contributed by atoms with Crippen LogP contribution in [0.4, 0.5) is 11.4 Å². The minimum atomic E-state index is -3.91. The summed E-state index contributed by atoms with van der Waals surface area (Å²) in [6.07, 6.45) is -1.22. The number of sulfonamides is 1. The molecule has 1 aliphatic heterocycles. The molecule has 1 aliphatic rings. The van der Waals surface area contributed by atoms with Crippen LogP contribution in [-0.2, 0) is 14.8 Å². The number of carbonyl (C=O) groups is 1. The number of fused-ring (bicyclic) bond motifs is 1. The van der Waals surface area contributed by atoms with Gasteiger partial charge in [0.1, 0.15) is 4.90 Å². The Kier molecular flexibility index (Phi) is 5.54. The third kappa shape index (κ3) is 3.79. The molecular weight excluding hydrogens is 410 g/mol. The molecule has 28 heavy (non-hydrogen) atoms. The van der Waals surface area contributed by atoms with E-state index in [4.69, 9.17) is 25.8 Å². The van der Waals surface area contributed by atoms with Gasteiger partial charge in [-0.25, -0.2) is 8.42 Å². The molecule has 0 bridgehead atoms. The van der Waals surface area contributed by atoms with Crippen LogP contribution in [0.3, 0.4) is 0 Å². The highest BCUT2D eigenvalue weighted by atomic mass is 35.5. The summed E-state index contributed by atoms with van der Waals surface area (Å²) in [5.74, 6) is 0.424. The van der Waals surface area contributed by atoms with Crippen LogP contribution in [0.2, 0.25) is 5.02 Å². The van der Waals surface area contributed by atoms with E-state index in [1.807, 2.05) is 0 Å². The number of rotatable bonds is 5. The van der Waals surface area contributed by atoms with Crippen LogP contribution in [0.15, 0.2) is 35.2 Å². The van der Waals surface area contributed by atoms with Gasteiger partial charge >= 0.3 is 0 Å². The first-order valence-corrected chi connectivity index (χ1v) is 9.84. The summed E-state index contributed by atoms with van der Waals surface area (Å²) in [6.45, 7) is 0. The number of halogens is 1. The lowest BCUT2D eigenvalue weighted by Crippen LogP contribution is -2.51. The molecule has 11 heteroatoms. The molecule has 0 saturated carbocycles. The van der Waals surface area contributed by atoms with Crippen molar-refractivity contribution in [1.29, 1.82) is 0 Å². The fourth-order valence-electron chi connectivity index (χ4n) is 2.73. The number of carbonyl (C=O) groups excluding carboxylic acids is 1. The molecule has 1 heterocycles. The molecule has 0 spiro atoms. The predicted octanol–water partition coefficient (Wildman–Crippen LogP) is 2.03. The second-order valence-electron chi connectivity index (χ2n) is 5.74. The van der Waals surface area contributed by atoms with Crippen LogP contribution in [0, 0.1) is 0 Å². The van der Waals surface area contributed by atoms with E-state index in [2.05, 4.69) is 15.4 Å². The minimum Gasteiger partial charge on any atom is -0.493 e. The number of benzene rings is 2. The maximum atomic E-state index is 12.6. The van der Waals surface area contributed by atoms with Gasteiger partial charge in [0.2, 0.25) is 15.8 Å². The molecule has 1 amide bonds. The van der Waals surface area contributed by atoms with Crippen molar-refractivity contribution in [2.24, 2.45) is 0 Å². The highest BCUT2D eigenvalue weighted by Crippen LogP contribution is 2.40. The van der Waals surface area contributed by atoms with Crippen LogP contribution in [0.1, 0.15) is 0 Å². The van der Waals surface area contributed by atoms with Crippen molar-refractivity contribution < 1.29 is 27.4 Å². The average Bonchev–Trinajstić information content (AvgIpc) is 2.67. The molecule has 1 atom stereocenters. The SMILES string of the molecule is COc1cc(NC(=O)C2Nc3ccc(Cl)cc3S(=O)(=O)N2)cc(OC)c1OC. The third-order valence-electron chi connectivity index (χ3n) is 4.00. The van der Waals surface area contributed by atoms with E-state index in [0.717, 1.165) is 0 Å². The lowest BCUT2D eigenvalue weighted by Gasteiger charge is -2.27. The summed E-state index contributed by atoms with van der Waals surface area (Å²) < 4.78 is 42.9. The summed E-state index contributed by atoms with van der Waals surface area (Å²) in [7, 11) is 0.439. The third-order valence-corrected chi connectivity index (χ3v) is 5.70. The molecule has 150 valence electrons. The van der Waals surface area contributed by atoms with E-state index >= 15 is 0 Å². The Labute approximate surface area is 167 Å². The van der Waals surface area contributed by atoms with E-state index in [0.29, 0.717) is 22.9 Å². The number of nitrogens with one attached hydrogen (secondary N) is 3. The van der Waals surface area contributed by atoms with Crippen molar-refractivity contribution in [1.82, 2.24) is 4.72 Å². The van der Waals surface area contributed by atoms with Crippen molar-refractivity contribution >= 4 is 38.9 Å². The summed E-state index contributed by atoms with van der Waals surface area (Å²) in [5.41, 5.74) is 0.607. The first-order valence-electron chi connectivity index (χ1n) is 7.98. The summed E-state index contributed by atoms with van der Waals surface area (Å²) in [4.78, 5) is 12.6. The van der Waals surface area contributed by atoms with Crippen LogP contribution >= 0.6 is 11.6 Å². The molecule has 0 radical (unpaired) electrons. The van der Waals surface area contributed by atoms with Crippen LogP contribution < -0.4 is 29.6 Å². The van der Waals surface area contributed by atoms with Crippen LogP contribution in [0.5, 0.6) is 17.2 Å². The van der Waals surface area contributed by atoms with Gasteiger partial charge in [-0.3, -0.25) is 4.79 Å². The Morgan fingerprint density at radius 3 is 2.29 bits per heavy atom.